The number of aromatic nitrogens is 2. The van der Waals surface area contributed by atoms with Gasteiger partial charge < -0.3 is 10.8 Å². The highest BCUT2D eigenvalue weighted by atomic mass is 32.2. The van der Waals surface area contributed by atoms with E-state index in [0.717, 1.165) is 0 Å². The molecule has 1 aromatic rings. The van der Waals surface area contributed by atoms with E-state index >= 15 is 0 Å². The van der Waals surface area contributed by atoms with Gasteiger partial charge >= 0.3 is 5.97 Å². The summed E-state index contributed by atoms with van der Waals surface area (Å²) in [5, 5.41) is 12.3. The van der Waals surface area contributed by atoms with Crippen molar-refractivity contribution in [3.05, 3.63) is 11.8 Å². The van der Waals surface area contributed by atoms with Gasteiger partial charge in [0, 0.05) is 25.6 Å². The average Bonchev–Trinajstić information content (AvgIpc) is 2.56. The number of aryl methyl sites for hydroxylation is 1. The first-order valence-corrected chi connectivity index (χ1v) is 6.92. The van der Waals surface area contributed by atoms with Crippen LogP contribution in [0.2, 0.25) is 0 Å². The summed E-state index contributed by atoms with van der Waals surface area (Å²) in [5.74, 6) is -0.843. The number of rotatable bonds is 7. The molecule has 0 aliphatic heterocycles. The molecule has 0 unspecified atom stereocenters. The fourth-order valence-corrected chi connectivity index (χ4v) is 2.35. The molecule has 1 aromatic heterocycles. The van der Waals surface area contributed by atoms with Crippen molar-refractivity contribution in [3.8, 4) is 0 Å². The van der Waals surface area contributed by atoms with Crippen molar-refractivity contribution in [3.63, 3.8) is 0 Å². The summed E-state index contributed by atoms with van der Waals surface area (Å²) in [6, 6.07) is 0. The topological polar surface area (TPSA) is 127 Å². The van der Waals surface area contributed by atoms with Crippen LogP contribution in [0.1, 0.15) is 18.4 Å². The average molecular weight is 276 g/mol. The molecule has 0 fully saturated rings. The molecule has 0 atom stereocenters. The molecule has 9 heteroatoms. The Morgan fingerprint density at radius 2 is 2.28 bits per heavy atom. The van der Waals surface area contributed by atoms with Gasteiger partial charge in [-0.15, -0.1) is 0 Å². The second-order valence-corrected chi connectivity index (χ2v) is 5.74. The SMILES string of the molecule is Cn1ncc(CNS(=O)(=O)CCCC(=O)O)c1N. The summed E-state index contributed by atoms with van der Waals surface area (Å²) < 4.78 is 26.9. The predicted octanol–water partition coefficient (Wildman–Crippen LogP) is -0.713. The Labute approximate surface area is 105 Å². The zero-order valence-electron chi connectivity index (χ0n) is 9.96. The Morgan fingerprint density at radius 3 is 2.78 bits per heavy atom. The van der Waals surface area contributed by atoms with Gasteiger partial charge in [-0.1, -0.05) is 0 Å². The van der Waals surface area contributed by atoms with E-state index in [0.29, 0.717) is 11.4 Å². The summed E-state index contributed by atoms with van der Waals surface area (Å²) in [6.07, 6.45) is 1.39. The quantitative estimate of drug-likeness (QED) is 0.603. The summed E-state index contributed by atoms with van der Waals surface area (Å²) in [7, 11) is -1.84. The Balaban J connectivity index is 2.47. The van der Waals surface area contributed by atoms with Crippen molar-refractivity contribution in [2.45, 2.75) is 19.4 Å². The van der Waals surface area contributed by atoms with Gasteiger partial charge in [-0.3, -0.25) is 9.48 Å². The molecule has 0 amide bonds. The number of nitrogens with two attached hydrogens (primary N) is 1. The van der Waals surface area contributed by atoms with Gasteiger partial charge in [-0.2, -0.15) is 5.10 Å². The van der Waals surface area contributed by atoms with Crippen molar-refractivity contribution < 1.29 is 18.3 Å². The van der Waals surface area contributed by atoms with Crippen LogP contribution >= 0.6 is 0 Å². The predicted molar refractivity (Wildman–Crippen MR) is 65.1 cm³/mol. The number of anilines is 1. The van der Waals surface area contributed by atoms with Gasteiger partial charge in [-0.25, -0.2) is 13.1 Å². The third-order valence-electron chi connectivity index (χ3n) is 2.35. The molecular formula is C9H16N4O4S. The van der Waals surface area contributed by atoms with Crippen molar-refractivity contribution in [2.24, 2.45) is 7.05 Å². The lowest BCUT2D eigenvalue weighted by Crippen LogP contribution is -2.26. The molecule has 0 aliphatic carbocycles. The van der Waals surface area contributed by atoms with Gasteiger partial charge in [0.05, 0.1) is 11.9 Å². The number of carboxylic acid groups (broad SMARTS) is 1. The Morgan fingerprint density at radius 1 is 1.61 bits per heavy atom. The van der Waals surface area contributed by atoms with Crippen LogP contribution in [-0.4, -0.2) is 35.0 Å². The minimum absolute atomic E-state index is 0.0507. The fraction of sp³-hybridized carbons (Fsp3) is 0.556. The first kappa shape index (κ1) is 14.5. The second kappa shape index (κ2) is 5.83. The number of carbonyl (C=O) groups is 1. The lowest BCUT2D eigenvalue weighted by Gasteiger charge is -2.05. The number of hydrogen-bond acceptors (Lipinski definition) is 5. The summed E-state index contributed by atoms with van der Waals surface area (Å²) in [4.78, 5) is 10.3. The van der Waals surface area contributed by atoms with Crippen LogP contribution < -0.4 is 10.5 Å². The Hall–Kier alpha value is -1.61. The largest absolute Gasteiger partial charge is 0.481 e. The number of aliphatic carboxylic acids is 1. The lowest BCUT2D eigenvalue weighted by atomic mass is 10.3. The highest BCUT2D eigenvalue weighted by Gasteiger charge is 2.13. The summed E-state index contributed by atoms with van der Waals surface area (Å²) in [5.41, 5.74) is 6.24. The molecule has 0 aliphatic rings. The monoisotopic (exact) mass is 276 g/mol. The smallest absolute Gasteiger partial charge is 0.303 e. The molecule has 0 spiro atoms. The van der Waals surface area contributed by atoms with E-state index in [2.05, 4.69) is 9.82 Å². The highest BCUT2D eigenvalue weighted by molar-refractivity contribution is 7.89. The van der Waals surface area contributed by atoms with Crippen molar-refractivity contribution >= 4 is 21.8 Å². The maximum atomic E-state index is 11.5. The molecule has 0 saturated heterocycles. The van der Waals surface area contributed by atoms with Crippen LogP contribution in [0.15, 0.2) is 6.20 Å². The number of nitrogens with zero attached hydrogens (tertiary/aromatic N) is 2. The molecule has 8 nitrogen and oxygen atoms in total. The first-order valence-electron chi connectivity index (χ1n) is 5.27. The van der Waals surface area contributed by atoms with Crippen LogP contribution in [0, 0.1) is 0 Å². The number of nitrogens with one attached hydrogen (secondary N) is 1. The summed E-state index contributed by atoms with van der Waals surface area (Å²) in [6.45, 7) is 0.0507. The van der Waals surface area contributed by atoms with Crippen LogP contribution in [0.5, 0.6) is 0 Å². The molecule has 1 rings (SSSR count). The van der Waals surface area contributed by atoms with Gasteiger partial charge in [0.25, 0.3) is 0 Å². The number of hydrogen-bond donors (Lipinski definition) is 3. The molecule has 1 heterocycles. The van der Waals surface area contributed by atoms with Crippen LogP contribution in [0.25, 0.3) is 0 Å². The molecule has 0 radical (unpaired) electrons. The fourth-order valence-electron chi connectivity index (χ4n) is 1.30. The maximum absolute atomic E-state index is 11.5. The third kappa shape index (κ3) is 4.34. The molecule has 0 bridgehead atoms. The normalized spacial score (nSPS) is 11.6. The van der Waals surface area contributed by atoms with Crippen LogP contribution in [-0.2, 0) is 28.4 Å². The molecule has 0 saturated carbocycles. The Kier molecular flexibility index (Phi) is 4.68. The van der Waals surface area contributed by atoms with Crippen molar-refractivity contribution in [2.75, 3.05) is 11.5 Å². The van der Waals surface area contributed by atoms with Gasteiger partial charge in [0.15, 0.2) is 0 Å². The van der Waals surface area contributed by atoms with E-state index < -0.39 is 16.0 Å². The van der Waals surface area contributed by atoms with Crippen molar-refractivity contribution in [1.29, 1.82) is 0 Å². The Bertz CT molecular complexity index is 523. The van der Waals surface area contributed by atoms with Crippen LogP contribution in [0.4, 0.5) is 5.82 Å². The van der Waals surface area contributed by atoms with E-state index in [1.54, 1.807) is 7.05 Å². The minimum atomic E-state index is -3.49. The number of carboxylic acids is 1. The minimum Gasteiger partial charge on any atom is -0.481 e. The van der Waals surface area contributed by atoms with Gasteiger partial charge in [0.1, 0.15) is 5.82 Å². The van der Waals surface area contributed by atoms with Crippen LogP contribution in [0.3, 0.4) is 0 Å². The number of nitrogen functional groups attached to an aromatic ring is 1. The zero-order chi connectivity index (χ0) is 13.8. The van der Waals surface area contributed by atoms with Gasteiger partial charge in [0.2, 0.25) is 10.0 Å². The highest BCUT2D eigenvalue weighted by Crippen LogP contribution is 2.09. The first-order chi connectivity index (χ1) is 8.32. The van der Waals surface area contributed by atoms with E-state index in [-0.39, 0.29) is 25.1 Å². The zero-order valence-corrected chi connectivity index (χ0v) is 10.8. The lowest BCUT2D eigenvalue weighted by molar-refractivity contribution is -0.137. The summed E-state index contributed by atoms with van der Waals surface area (Å²) >= 11 is 0. The number of sulfonamides is 1. The maximum Gasteiger partial charge on any atom is 0.303 e. The van der Waals surface area contributed by atoms with E-state index in [1.165, 1.54) is 10.9 Å². The molecule has 4 N–H and O–H groups in total. The molecule has 102 valence electrons. The molecule has 0 aromatic carbocycles. The molecule has 18 heavy (non-hydrogen) atoms. The van der Waals surface area contributed by atoms with Gasteiger partial charge in [-0.05, 0) is 6.42 Å². The third-order valence-corrected chi connectivity index (χ3v) is 3.76. The standard InChI is InChI=1S/C9H16N4O4S/c1-13-9(10)7(5-11-13)6-12-18(16,17)4-2-3-8(14)15/h5,12H,2-4,6,10H2,1H3,(H,14,15). The van der Waals surface area contributed by atoms with Crippen molar-refractivity contribution in [1.82, 2.24) is 14.5 Å². The molecular weight excluding hydrogens is 260 g/mol. The van der Waals surface area contributed by atoms with E-state index in [1.807, 2.05) is 0 Å². The van der Waals surface area contributed by atoms with E-state index in [9.17, 15) is 13.2 Å². The van der Waals surface area contributed by atoms with E-state index in [4.69, 9.17) is 10.8 Å². The second-order valence-electron chi connectivity index (χ2n) is 3.82.